The van der Waals surface area contributed by atoms with Crippen molar-refractivity contribution in [1.82, 2.24) is 4.57 Å². The molecule has 1 amide bonds. The van der Waals surface area contributed by atoms with Crippen molar-refractivity contribution in [2.45, 2.75) is 39.2 Å². The molecule has 0 spiro atoms. The molecule has 1 aromatic heterocycles. The average molecular weight is 425 g/mol. The van der Waals surface area contributed by atoms with Crippen LogP contribution in [0.3, 0.4) is 0 Å². The zero-order valence-corrected chi connectivity index (χ0v) is 17.1. The lowest BCUT2D eigenvalue weighted by Gasteiger charge is -2.13. The van der Waals surface area contributed by atoms with E-state index >= 15 is 0 Å². The van der Waals surface area contributed by atoms with Crippen LogP contribution in [0.2, 0.25) is 0 Å². The van der Waals surface area contributed by atoms with Gasteiger partial charge in [-0.25, -0.2) is 0 Å². The number of halogens is 1. The number of rotatable bonds is 3. The molecule has 0 saturated carbocycles. The van der Waals surface area contributed by atoms with Gasteiger partial charge in [0.1, 0.15) is 5.56 Å². The van der Waals surface area contributed by atoms with Gasteiger partial charge in [-0.2, -0.15) is 0 Å². The summed E-state index contributed by atoms with van der Waals surface area (Å²) in [6.45, 7) is 6.35. The van der Waals surface area contributed by atoms with Crippen LogP contribution >= 0.6 is 15.9 Å². The van der Waals surface area contributed by atoms with Crippen LogP contribution in [0.15, 0.2) is 51.9 Å². The van der Waals surface area contributed by atoms with E-state index in [4.69, 9.17) is 0 Å². The first-order chi connectivity index (χ1) is 12.8. The molecule has 1 N–H and O–H groups in total. The minimum absolute atomic E-state index is 0.174. The third-order valence-corrected chi connectivity index (χ3v) is 5.70. The third kappa shape index (κ3) is 3.10. The summed E-state index contributed by atoms with van der Waals surface area (Å²) >= 11 is 3.49. The van der Waals surface area contributed by atoms with Gasteiger partial charge < -0.3 is 9.88 Å². The van der Waals surface area contributed by atoms with Gasteiger partial charge in [-0.1, -0.05) is 41.9 Å². The molecule has 5 heteroatoms. The zero-order valence-electron chi connectivity index (χ0n) is 15.5. The molecule has 0 saturated heterocycles. The minimum Gasteiger partial charge on any atom is -0.343 e. The summed E-state index contributed by atoms with van der Waals surface area (Å²) in [5.41, 5.74) is 3.92. The van der Waals surface area contributed by atoms with Gasteiger partial charge in [0.05, 0.1) is 5.52 Å². The molecular weight excluding hydrogens is 404 g/mol. The number of hydrogen-bond donors (Lipinski definition) is 1. The van der Waals surface area contributed by atoms with Crippen molar-refractivity contribution in [3.05, 3.63) is 74.0 Å². The summed E-state index contributed by atoms with van der Waals surface area (Å²) in [6, 6.07) is 11.8. The van der Waals surface area contributed by atoms with Crippen LogP contribution in [-0.2, 0) is 6.42 Å². The number of aromatic nitrogens is 1. The van der Waals surface area contributed by atoms with Crippen molar-refractivity contribution in [2.24, 2.45) is 0 Å². The molecule has 4 nitrogen and oxygen atoms in total. The number of anilines is 1. The fourth-order valence-electron chi connectivity index (χ4n) is 3.77. The molecule has 1 aliphatic heterocycles. The number of hydrogen-bond acceptors (Lipinski definition) is 2. The predicted molar refractivity (Wildman–Crippen MR) is 113 cm³/mol. The van der Waals surface area contributed by atoms with Crippen molar-refractivity contribution >= 4 is 38.4 Å². The SMILES string of the molecule is CC(C)c1ccc(NC(=O)c2cn3c4c(cc(Br)cc4c2=O)C[C@@H]3C)cc1. The van der Waals surface area contributed by atoms with Crippen LogP contribution in [-0.4, -0.2) is 10.5 Å². The monoisotopic (exact) mass is 424 g/mol. The van der Waals surface area contributed by atoms with Gasteiger partial charge in [-0.05, 0) is 54.7 Å². The van der Waals surface area contributed by atoms with Crippen LogP contribution in [0.4, 0.5) is 5.69 Å². The Morgan fingerprint density at radius 1 is 1.22 bits per heavy atom. The van der Waals surface area contributed by atoms with Crippen molar-refractivity contribution < 1.29 is 4.79 Å². The molecule has 27 heavy (non-hydrogen) atoms. The second-order valence-corrected chi connectivity index (χ2v) is 8.44. The Balaban J connectivity index is 1.75. The van der Waals surface area contributed by atoms with E-state index in [-0.39, 0.29) is 22.9 Å². The maximum absolute atomic E-state index is 13.0. The number of carbonyl (C=O) groups is 1. The fraction of sp³-hybridized carbons (Fsp3) is 0.273. The van der Waals surface area contributed by atoms with Crippen LogP contribution in [0, 0.1) is 0 Å². The van der Waals surface area contributed by atoms with E-state index in [1.54, 1.807) is 6.20 Å². The molecule has 1 atom stereocenters. The van der Waals surface area contributed by atoms with Gasteiger partial charge in [0.15, 0.2) is 0 Å². The molecular formula is C22H21BrN2O2. The molecule has 2 aromatic carbocycles. The smallest absolute Gasteiger partial charge is 0.261 e. The number of pyridine rings is 1. The molecule has 2 heterocycles. The van der Waals surface area contributed by atoms with Gasteiger partial charge in [-0.15, -0.1) is 0 Å². The maximum atomic E-state index is 13.0. The van der Waals surface area contributed by atoms with Crippen molar-refractivity contribution in [2.75, 3.05) is 5.32 Å². The predicted octanol–water partition coefficient (Wildman–Crippen LogP) is 5.26. The van der Waals surface area contributed by atoms with E-state index in [0.717, 1.165) is 22.0 Å². The summed E-state index contributed by atoms with van der Waals surface area (Å²) in [5.74, 6) is 0.0572. The van der Waals surface area contributed by atoms with Gasteiger partial charge in [-0.3, -0.25) is 9.59 Å². The fourth-order valence-corrected chi connectivity index (χ4v) is 4.28. The summed E-state index contributed by atoms with van der Waals surface area (Å²) in [6.07, 6.45) is 2.56. The maximum Gasteiger partial charge on any atom is 0.261 e. The molecule has 0 aliphatic carbocycles. The normalized spacial score (nSPS) is 15.5. The van der Waals surface area contributed by atoms with E-state index in [1.807, 2.05) is 30.3 Å². The van der Waals surface area contributed by atoms with Gasteiger partial charge >= 0.3 is 0 Å². The second kappa shape index (κ2) is 6.64. The molecule has 4 rings (SSSR count). The highest BCUT2D eigenvalue weighted by Crippen LogP contribution is 2.33. The Hall–Kier alpha value is -2.40. The highest BCUT2D eigenvalue weighted by atomic mass is 79.9. The Bertz CT molecular complexity index is 1110. The molecule has 0 fully saturated rings. The van der Waals surface area contributed by atoms with E-state index in [0.29, 0.717) is 17.0 Å². The molecule has 138 valence electrons. The number of benzene rings is 2. The number of nitrogens with one attached hydrogen (secondary N) is 1. The first-order valence-electron chi connectivity index (χ1n) is 9.13. The molecule has 0 unspecified atom stereocenters. The lowest BCUT2D eigenvalue weighted by Crippen LogP contribution is -2.23. The van der Waals surface area contributed by atoms with Gasteiger partial charge in [0, 0.05) is 27.8 Å². The first-order valence-corrected chi connectivity index (χ1v) is 9.93. The number of amides is 1. The van der Waals surface area contributed by atoms with Crippen LogP contribution in [0.25, 0.3) is 10.9 Å². The lowest BCUT2D eigenvalue weighted by atomic mass is 10.0. The van der Waals surface area contributed by atoms with Crippen molar-refractivity contribution in [3.8, 4) is 0 Å². The quantitative estimate of drug-likeness (QED) is 0.623. The number of carbonyl (C=O) groups excluding carboxylic acids is 1. The Morgan fingerprint density at radius 3 is 2.59 bits per heavy atom. The third-order valence-electron chi connectivity index (χ3n) is 5.24. The average Bonchev–Trinajstić information content (AvgIpc) is 2.93. The standard InChI is InChI=1S/C22H21BrN2O2/c1-12(2)14-4-6-17(7-5-14)24-22(27)19-11-25-13(3)8-15-9-16(23)10-18(20(15)25)21(19)26/h4-7,9-13H,8H2,1-3H3,(H,24,27)/t13-/m0/s1. The summed E-state index contributed by atoms with van der Waals surface area (Å²) in [5, 5.41) is 3.45. The zero-order chi connectivity index (χ0) is 19.3. The van der Waals surface area contributed by atoms with E-state index in [2.05, 4.69) is 52.7 Å². The van der Waals surface area contributed by atoms with Crippen LogP contribution in [0.5, 0.6) is 0 Å². The summed E-state index contributed by atoms with van der Waals surface area (Å²) in [4.78, 5) is 25.8. The Labute approximate surface area is 166 Å². The molecule has 0 bridgehead atoms. The first kappa shape index (κ1) is 18.0. The van der Waals surface area contributed by atoms with Crippen LogP contribution < -0.4 is 10.7 Å². The lowest BCUT2D eigenvalue weighted by molar-refractivity contribution is 0.102. The van der Waals surface area contributed by atoms with E-state index in [1.165, 1.54) is 5.56 Å². The molecule has 0 radical (unpaired) electrons. The summed E-state index contributed by atoms with van der Waals surface area (Å²) in [7, 11) is 0. The minimum atomic E-state index is -0.372. The van der Waals surface area contributed by atoms with Gasteiger partial charge in [0.25, 0.3) is 5.91 Å². The molecule has 1 aliphatic rings. The molecule has 3 aromatic rings. The van der Waals surface area contributed by atoms with E-state index < -0.39 is 0 Å². The van der Waals surface area contributed by atoms with Crippen molar-refractivity contribution in [3.63, 3.8) is 0 Å². The summed E-state index contributed by atoms with van der Waals surface area (Å²) < 4.78 is 2.92. The highest BCUT2D eigenvalue weighted by Gasteiger charge is 2.25. The van der Waals surface area contributed by atoms with Crippen molar-refractivity contribution in [1.29, 1.82) is 0 Å². The number of nitrogens with zero attached hydrogens (tertiary/aromatic N) is 1. The van der Waals surface area contributed by atoms with E-state index in [9.17, 15) is 9.59 Å². The van der Waals surface area contributed by atoms with Gasteiger partial charge in [0.2, 0.25) is 5.43 Å². The van der Waals surface area contributed by atoms with Crippen LogP contribution in [0.1, 0.15) is 54.2 Å². The Kier molecular flexibility index (Phi) is 4.42. The largest absolute Gasteiger partial charge is 0.343 e. The Morgan fingerprint density at radius 2 is 1.93 bits per heavy atom. The second-order valence-electron chi connectivity index (χ2n) is 7.52. The highest BCUT2D eigenvalue weighted by molar-refractivity contribution is 9.10. The topological polar surface area (TPSA) is 51.1 Å².